The SMILES string of the molecule is Cc1nc2ccc(Cl)cc2cc1C(=O)N1CCN(CCc2cccs2)CC1. The van der Waals surface area contributed by atoms with E-state index >= 15 is 0 Å². The summed E-state index contributed by atoms with van der Waals surface area (Å²) in [5, 5.41) is 3.69. The number of fused-ring (bicyclic) bond motifs is 1. The van der Waals surface area contributed by atoms with Gasteiger partial charge in [-0.05, 0) is 49.1 Å². The smallest absolute Gasteiger partial charge is 0.255 e. The molecule has 4 rings (SSSR count). The van der Waals surface area contributed by atoms with Crippen LogP contribution in [0.3, 0.4) is 0 Å². The van der Waals surface area contributed by atoms with Gasteiger partial charge in [0.1, 0.15) is 0 Å². The quantitative estimate of drug-likeness (QED) is 0.657. The van der Waals surface area contributed by atoms with Crippen LogP contribution in [-0.2, 0) is 6.42 Å². The average molecular weight is 400 g/mol. The van der Waals surface area contributed by atoms with Crippen molar-refractivity contribution in [1.82, 2.24) is 14.8 Å². The molecule has 3 aromatic rings. The number of piperazine rings is 1. The van der Waals surface area contributed by atoms with E-state index in [1.54, 1.807) is 0 Å². The third-order valence-corrected chi connectivity index (χ3v) is 6.28. The van der Waals surface area contributed by atoms with E-state index in [-0.39, 0.29) is 5.91 Å². The van der Waals surface area contributed by atoms with Gasteiger partial charge in [-0.2, -0.15) is 0 Å². The number of benzene rings is 1. The van der Waals surface area contributed by atoms with Gasteiger partial charge in [0.05, 0.1) is 16.8 Å². The fourth-order valence-corrected chi connectivity index (χ4v) is 4.41. The number of hydrogen-bond donors (Lipinski definition) is 0. The molecule has 0 saturated carbocycles. The van der Waals surface area contributed by atoms with E-state index in [4.69, 9.17) is 11.6 Å². The van der Waals surface area contributed by atoms with E-state index in [1.807, 2.05) is 47.4 Å². The van der Waals surface area contributed by atoms with E-state index in [0.717, 1.165) is 55.7 Å². The van der Waals surface area contributed by atoms with Crippen molar-refractivity contribution in [1.29, 1.82) is 0 Å². The topological polar surface area (TPSA) is 36.4 Å². The van der Waals surface area contributed by atoms with Gasteiger partial charge in [0.15, 0.2) is 0 Å². The zero-order chi connectivity index (χ0) is 18.8. The van der Waals surface area contributed by atoms with E-state index in [9.17, 15) is 4.79 Å². The van der Waals surface area contributed by atoms with Crippen molar-refractivity contribution in [3.63, 3.8) is 0 Å². The second-order valence-corrected chi connectivity index (χ2v) is 8.39. The molecule has 2 aromatic heterocycles. The molecule has 0 spiro atoms. The van der Waals surface area contributed by atoms with Gasteiger partial charge in [-0.15, -0.1) is 11.3 Å². The molecule has 0 radical (unpaired) electrons. The summed E-state index contributed by atoms with van der Waals surface area (Å²) in [6.45, 7) is 6.31. The predicted octanol–water partition coefficient (Wildman–Crippen LogP) is 4.26. The van der Waals surface area contributed by atoms with Crippen molar-refractivity contribution in [3.05, 3.63) is 62.9 Å². The minimum atomic E-state index is 0.0692. The second-order valence-electron chi connectivity index (χ2n) is 6.92. The molecule has 1 saturated heterocycles. The lowest BCUT2D eigenvalue weighted by Crippen LogP contribution is -2.49. The Morgan fingerprint density at radius 2 is 2.00 bits per heavy atom. The Balaban J connectivity index is 1.41. The van der Waals surface area contributed by atoms with Gasteiger partial charge in [-0.3, -0.25) is 14.7 Å². The molecule has 140 valence electrons. The average Bonchev–Trinajstić information content (AvgIpc) is 3.20. The second kappa shape index (κ2) is 7.97. The Morgan fingerprint density at radius 3 is 2.74 bits per heavy atom. The summed E-state index contributed by atoms with van der Waals surface area (Å²) >= 11 is 7.90. The van der Waals surface area contributed by atoms with Crippen LogP contribution in [0, 0.1) is 6.92 Å². The van der Waals surface area contributed by atoms with Gasteiger partial charge in [-0.25, -0.2) is 0 Å². The normalized spacial score (nSPS) is 15.4. The monoisotopic (exact) mass is 399 g/mol. The van der Waals surface area contributed by atoms with Crippen molar-refractivity contribution >= 4 is 39.7 Å². The summed E-state index contributed by atoms with van der Waals surface area (Å²) in [5.41, 5.74) is 2.32. The summed E-state index contributed by atoms with van der Waals surface area (Å²) in [7, 11) is 0. The largest absolute Gasteiger partial charge is 0.336 e. The van der Waals surface area contributed by atoms with Crippen LogP contribution in [-0.4, -0.2) is 53.4 Å². The number of amides is 1. The van der Waals surface area contributed by atoms with Crippen LogP contribution in [0.4, 0.5) is 0 Å². The van der Waals surface area contributed by atoms with Crippen LogP contribution in [0.1, 0.15) is 20.9 Å². The number of aromatic nitrogens is 1. The van der Waals surface area contributed by atoms with Crippen LogP contribution >= 0.6 is 22.9 Å². The molecule has 27 heavy (non-hydrogen) atoms. The minimum Gasteiger partial charge on any atom is -0.336 e. The predicted molar refractivity (Wildman–Crippen MR) is 112 cm³/mol. The molecule has 1 aromatic carbocycles. The number of halogens is 1. The number of thiophene rings is 1. The van der Waals surface area contributed by atoms with Crippen LogP contribution < -0.4 is 0 Å². The summed E-state index contributed by atoms with van der Waals surface area (Å²) in [5.74, 6) is 0.0692. The van der Waals surface area contributed by atoms with Crippen LogP contribution in [0.2, 0.25) is 5.02 Å². The van der Waals surface area contributed by atoms with Gasteiger partial charge in [-0.1, -0.05) is 17.7 Å². The van der Waals surface area contributed by atoms with Crippen molar-refractivity contribution in [2.75, 3.05) is 32.7 Å². The molecule has 6 heteroatoms. The number of rotatable bonds is 4. The van der Waals surface area contributed by atoms with Crippen LogP contribution in [0.25, 0.3) is 10.9 Å². The molecule has 1 aliphatic heterocycles. The lowest BCUT2D eigenvalue weighted by molar-refractivity contribution is 0.0638. The lowest BCUT2D eigenvalue weighted by atomic mass is 10.1. The van der Waals surface area contributed by atoms with Crippen molar-refractivity contribution < 1.29 is 4.79 Å². The Kier molecular flexibility index (Phi) is 5.43. The molecule has 0 aliphatic carbocycles. The number of carbonyl (C=O) groups is 1. The molecule has 0 unspecified atom stereocenters. The highest BCUT2D eigenvalue weighted by atomic mass is 35.5. The van der Waals surface area contributed by atoms with Crippen LogP contribution in [0.15, 0.2) is 41.8 Å². The van der Waals surface area contributed by atoms with E-state index in [1.165, 1.54) is 4.88 Å². The summed E-state index contributed by atoms with van der Waals surface area (Å²) in [4.78, 5) is 23.4. The zero-order valence-electron chi connectivity index (χ0n) is 15.3. The van der Waals surface area contributed by atoms with E-state index in [2.05, 4.69) is 27.4 Å². The molecule has 0 bridgehead atoms. The van der Waals surface area contributed by atoms with Crippen molar-refractivity contribution in [2.45, 2.75) is 13.3 Å². The van der Waals surface area contributed by atoms with Gasteiger partial charge in [0, 0.05) is 48.0 Å². The first-order valence-electron chi connectivity index (χ1n) is 9.21. The third-order valence-electron chi connectivity index (χ3n) is 5.11. The maximum absolute atomic E-state index is 13.0. The highest BCUT2D eigenvalue weighted by Gasteiger charge is 2.23. The van der Waals surface area contributed by atoms with Gasteiger partial charge in [0.2, 0.25) is 0 Å². The number of nitrogens with zero attached hydrogens (tertiary/aromatic N) is 3. The molecule has 4 nitrogen and oxygen atoms in total. The number of hydrogen-bond acceptors (Lipinski definition) is 4. The Labute approximate surface area is 168 Å². The van der Waals surface area contributed by atoms with Crippen molar-refractivity contribution in [2.24, 2.45) is 0 Å². The molecule has 3 heterocycles. The summed E-state index contributed by atoms with van der Waals surface area (Å²) < 4.78 is 0. The first-order valence-corrected chi connectivity index (χ1v) is 10.5. The number of carbonyl (C=O) groups excluding carboxylic acids is 1. The van der Waals surface area contributed by atoms with Crippen molar-refractivity contribution in [3.8, 4) is 0 Å². The fraction of sp³-hybridized carbons (Fsp3) is 0.333. The minimum absolute atomic E-state index is 0.0692. The highest BCUT2D eigenvalue weighted by molar-refractivity contribution is 7.09. The first-order chi connectivity index (χ1) is 13.1. The van der Waals surface area contributed by atoms with Crippen LogP contribution in [0.5, 0.6) is 0 Å². The Morgan fingerprint density at radius 1 is 1.19 bits per heavy atom. The molecule has 1 amide bonds. The summed E-state index contributed by atoms with van der Waals surface area (Å²) in [6, 6.07) is 11.8. The standard InChI is InChI=1S/C21H22ClN3OS/c1-15-19(14-16-13-17(22)4-5-20(16)23-15)21(26)25-10-8-24(9-11-25)7-6-18-3-2-12-27-18/h2-5,12-14H,6-11H2,1H3. The molecule has 0 N–H and O–H groups in total. The maximum Gasteiger partial charge on any atom is 0.255 e. The van der Waals surface area contributed by atoms with Gasteiger partial charge in [0.25, 0.3) is 5.91 Å². The summed E-state index contributed by atoms with van der Waals surface area (Å²) in [6.07, 6.45) is 1.08. The highest BCUT2D eigenvalue weighted by Crippen LogP contribution is 2.22. The third kappa shape index (κ3) is 4.15. The van der Waals surface area contributed by atoms with Gasteiger partial charge < -0.3 is 4.90 Å². The molecule has 0 atom stereocenters. The molecular formula is C21H22ClN3OS. The molecule has 1 aliphatic rings. The van der Waals surface area contributed by atoms with E-state index in [0.29, 0.717) is 10.6 Å². The molecular weight excluding hydrogens is 378 g/mol. The van der Waals surface area contributed by atoms with Gasteiger partial charge >= 0.3 is 0 Å². The Bertz CT molecular complexity index is 949. The van der Waals surface area contributed by atoms with E-state index < -0.39 is 0 Å². The fourth-order valence-electron chi connectivity index (χ4n) is 3.53. The number of pyridine rings is 1. The maximum atomic E-state index is 13.0. The Hall–Kier alpha value is -1.95. The zero-order valence-corrected chi connectivity index (χ0v) is 16.9. The first kappa shape index (κ1) is 18.4. The number of aryl methyl sites for hydroxylation is 1. The lowest BCUT2D eigenvalue weighted by Gasteiger charge is -2.35. The molecule has 1 fully saturated rings.